The molecule has 0 bridgehead atoms. The average molecular weight is 218 g/mol. The van der Waals surface area contributed by atoms with E-state index in [1.165, 1.54) is 37.7 Å². The molecule has 0 radical (unpaired) electrons. The highest BCUT2D eigenvalue weighted by Gasteiger charge is 1.90. The fourth-order valence-corrected chi connectivity index (χ4v) is 1.66. The van der Waals surface area contributed by atoms with Gasteiger partial charge in [-0.15, -0.1) is 0 Å². The van der Waals surface area contributed by atoms with E-state index in [0.29, 0.717) is 5.75 Å². The number of unbranched alkanes of at least 4 members (excludes halogenated alkanes) is 4. The molecular weight excluding hydrogens is 196 g/mol. The van der Waals surface area contributed by atoms with E-state index >= 15 is 0 Å². The first-order valence-electron chi connectivity index (χ1n) is 6.26. The molecule has 16 heavy (non-hydrogen) atoms. The molecule has 1 N–H and O–H groups in total. The summed E-state index contributed by atoms with van der Waals surface area (Å²) in [5, 5.41) is 9.13. The first-order chi connectivity index (χ1) is 7.83. The third kappa shape index (κ3) is 5.59. The zero-order chi connectivity index (χ0) is 11.6. The van der Waals surface area contributed by atoms with E-state index in [1.807, 2.05) is 12.1 Å². The summed E-state index contributed by atoms with van der Waals surface area (Å²) in [6.45, 7) is 2.24. The monoisotopic (exact) mass is 218 g/mol. The van der Waals surface area contributed by atoms with Gasteiger partial charge in [0, 0.05) is 0 Å². The first kappa shape index (κ1) is 12.8. The molecule has 0 atom stereocenters. The second-order valence-corrected chi connectivity index (χ2v) is 4.19. The highest BCUT2D eigenvalue weighted by molar-refractivity contribution is 5.27. The molecule has 0 aliphatic carbocycles. The maximum absolute atomic E-state index is 9.13. The van der Waals surface area contributed by atoms with Crippen LogP contribution in [0.25, 0.3) is 0 Å². The summed E-state index contributed by atoms with van der Waals surface area (Å²) >= 11 is 0. The smallest absolute Gasteiger partial charge is 0.115 e. The Morgan fingerprint density at radius 2 is 1.75 bits per heavy atom. The lowest BCUT2D eigenvalue weighted by Gasteiger charge is -1.97. The van der Waals surface area contributed by atoms with E-state index in [1.54, 1.807) is 12.1 Å². The molecule has 0 fully saturated rings. The highest BCUT2D eigenvalue weighted by atomic mass is 16.3. The van der Waals surface area contributed by atoms with Gasteiger partial charge in [-0.25, -0.2) is 0 Å². The van der Waals surface area contributed by atoms with Crippen molar-refractivity contribution in [1.82, 2.24) is 0 Å². The number of phenolic OH excluding ortho intramolecular Hbond substituents is 1. The molecule has 1 rings (SSSR count). The lowest BCUT2D eigenvalue weighted by Crippen LogP contribution is -1.79. The third-order valence-corrected chi connectivity index (χ3v) is 2.68. The molecule has 1 aromatic carbocycles. The SMILES string of the molecule is CCCCCCC=CCc1ccc(O)cc1. The number of aromatic hydroxyl groups is 1. The molecule has 0 saturated heterocycles. The van der Waals surface area contributed by atoms with Crippen LogP contribution in [0.15, 0.2) is 36.4 Å². The molecule has 0 amide bonds. The number of rotatable bonds is 7. The molecule has 0 spiro atoms. The van der Waals surface area contributed by atoms with E-state index in [-0.39, 0.29) is 0 Å². The summed E-state index contributed by atoms with van der Waals surface area (Å²) in [6.07, 6.45) is 12.0. The number of hydrogen-bond donors (Lipinski definition) is 1. The van der Waals surface area contributed by atoms with Crippen molar-refractivity contribution >= 4 is 0 Å². The van der Waals surface area contributed by atoms with Crippen molar-refractivity contribution < 1.29 is 5.11 Å². The second-order valence-electron chi connectivity index (χ2n) is 4.19. The Bertz CT molecular complexity index is 298. The fourth-order valence-electron chi connectivity index (χ4n) is 1.66. The minimum Gasteiger partial charge on any atom is -0.508 e. The molecule has 1 heteroatoms. The van der Waals surface area contributed by atoms with Gasteiger partial charge in [-0.2, -0.15) is 0 Å². The topological polar surface area (TPSA) is 20.2 Å². The Labute approximate surface area is 98.8 Å². The molecule has 0 heterocycles. The summed E-state index contributed by atoms with van der Waals surface area (Å²) < 4.78 is 0. The Balaban J connectivity index is 2.14. The summed E-state index contributed by atoms with van der Waals surface area (Å²) in [7, 11) is 0. The molecule has 0 unspecified atom stereocenters. The van der Waals surface area contributed by atoms with Crippen molar-refractivity contribution in [2.45, 2.75) is 45.4 Å². The van der Waals surface area contributed by atoms with E-state index in [0.717, 1.165) is 6.42 Å². The summed E-state index contributed by atoms with van der Waals surface area (Å²) in [4.78, 5) is 0. The van der Waals surface area contributed by atoms with E-state index in [9.17, 15) is 0 Å². The largest absolute Gasteiger partial charge is 0.508 e. The van der Waals surface area contributed by atoms with Crippen LogP contribution in [0.1, 0.15) is 44.6 Å². The van der Waals surface area contributed by atoms with Crippen LogP contribution < -0.4 is 0 Å². The zero-order valence-corrected chi connectivity index (χ0v) is 10.2. The van der Waals surface area contributed by atoms with Crippen LogP contribution in [-0.4, -0.2) is 5.11 Å². The molecular formula is C15H22O. The predicted molar refractivity (Wildman–Crippen MR) is 69.7 cm³/mol. The van der Waals surface area contributed by atoms with Crippen molar-refractivity contribution in [2.75, 3.05) is 0 Å². The maximum Gasteiger partial charge on any atom is 0.115 e. The van der Waals surface area contributed by atoms with Crippen molar-refractivity contribution in [2.24, 2.45) is 0 Å². The number of allylic oxidation sites excluding steroid dienone is 2. The molecule has 1 aromatic rings. The fraction of sp³-hybridized carbons (Fsp3) is 0.467. The maximum atomic E-state index is 9.13. The molecule has 0 saturated carbocycles. The normalized spacial score (nSPS) is 11.1. The van der Waals surface area contributed by atoms with Gasteiger partial charge < -0.3 is 5.11 Å². The Hall–Kier alpha value is -1.24. The van der Waals surface area contributed by atoms with Crippen LogP contribution >= 0.6 is 0 Å². The minimum atomic E-state index is 0.340. The summed E-state index contributed by atoms with van der Waals surface area (Å²) in [5.41, 5.74) is 1.25. The first-order valence-corrected chi connectivity index (χ1v) is 6.26. The Morgan fingerprint density at radius 3 is 2.44 bits per heavy atom. The van der Waals surface area contributed by atoms with Crippen LogP contribution in [0.5, 0.6) is 5.75 Å². The Morgan fingerprint density at radius 1 is 1.00 bits per heavy atom. The van der Waals surface area contributed by atoms with E-state index < -0.39 is 0 Å². The average Bonchev–Trinajstić information content (AvgIpc) is 2.30. The quantitative estimate of drug-likeness (QED) is 0.529. The van der Waals surface area contributed by atoms with Gasteiger partial charge >= 0.3 is 0 Å². The minimum absolute atomic E-state index is 0.340. The van der Waals surface area contributed by atoms with Gasteiger partial charge in [0.15, 0.2) is 0 Å². The van der Waals surface area contributed by atoms with Crippen molar-refractivity contribution in [3.05, 3.63) is 42.0 Å². The van der Waals surface area contributed by atoms with Gasteiger partial charge in [0.05, 0.1) is 0 Å². The summed E-state index contributed by atoms with van der Waals surface area (Å²) in [5.74, 6) is 0.340. The molecule has 88 valence electrons. The van der Waals surface area contributed by atoms with E-state index in [4.69, 9.17) is 5.11 Å². The standard InChI is InChI=1S/C15H22O/c1-2-3-4-5-6-7-8-9-14-10-12-15(16)13-11-14/h7-8,10-13,16H,2-6,9H2,1H3. The predicted octanol–water partition coefficient (Wildman–Crippen LogP) is 4.46. The third-order valence-electron chi connectivity index (χ3n) is 2.68. The summed E-state index contributed by atoms with van der Waals surface area (Å²) in [6, 6.07) is 7.42. The molecule has 0 aliphatic rings. The lowest BCUT2D eigenvalue weighted by atomic mass is 10.1. The highest BCUT2D eigenvalue weighted by Crippen LogP contribution is 2.10. The van der Waals surface area contributed by atoms with Gasteiger partial charge in [-0.3, -0.25) is 0 Å². The van der Waals surface area contributed by atoms with Gasteiger partial charge in [-0.1, -0.05) is 50.5 Å². The lowest BCUT2D eigenvalue weighted by molar-refractivity contribution is 0.475. The van der Waals surface area contributed by atoms with Gasteiger partial charge in [0.1, 0.15) is 5.75 Å². The Kier molecular flexibility index (Phi) is 6.39. The number of benzene rings is 1. The van der Waals surface area contributed by atoms with Gasteiger partial charge in [-0.05, 0) is 37.0 Å². The van der Waals surface area contributed by atoms with Crippen molar-refractivity contribution in [1.29, 1.82) is 0 Å². The molecule has 0 aliphatic heterocycles. The van der Waals surface area contributed by atoms with Crippen LogP contribution in [0, 0.1) is 0 Å². The van der Waals surface area contributed by atoms with E-state index in [2.05, 4.69) is 19.1 Å². The van der Waals surface area contributed by atoms with Crippen LogP contribution in [0.3, 0.4) is 0 Å². The number of hydrogen-bond acceptors (Lipinski definition) is 1. The van der Waals surface area contributed by atoms with Crippen LogP contribution in [0.2, 0.25) is 0 Å². The zero-order valence-electron chi connectivity index (χ0n) is 10.2. The van der Waals surface area contributed by atoms with Crippen LogP contribution in [-0.2, 0) is 6.42 Å². The van der Waals surface area contributed by atoms with Crippen LogP contribution in [0.4, 0.5) is 0 Å². The molecule has 1 nitrogen and oxygen atoms in total. The van der Waals surface area contributed by atoms with Gasteiger partial charge in [0.2, 0.25) is 0 Å². The van der Waals surface area contributed by atoms with Crippen molar-refractivity contribution in [3.63, 3.8) is 0 Å². The van der Waals surface area contributed by atoms with Gasteiger partial charge in [0.25, 0.3) is 0 Å². The van der Waals surface area contributed by atoms with Crippen molar-refractivity contribution in [3.8, 4) is 5.75 Å². The molecule has 0 aromatic heterocycles. The number of phenols is 1. The second kappa shape index (κ2) is 7.98.